The van der Waals surface area contributed by atoms with Gasteiger partial charge in [-0.25, -0.2) is 4.79 Å². The maximum atomic E-state index is 12.8. The van der Waals surface area contributed by atoms with Crippen molar-refractivity contribution >= 4 is 18.2 Å². The molecule has 26 heavy (non-hydrogen) atoms. The molecule has 1 aliphatic rings. The van der Waals surface area contributed by atoms with Gasteiger partial charge in [0.25, 0.3) is 5.91 Å². The number of imide groups is 1. The molecule has 3 rings (SSSR count). The zero-order valence-electron chi connectivity index (χ0n) is 15.0. The van der Waals surface area contributed by atoms with E-state index >= 15 is 0 Å². The molecule has 1 saturated heterocycles. The van der Waals surface area contributed by atoms with E-state index in [1.807, 2.05) is 24.3 Å². The number of aryl methyl sites for hydroxylation is 1. The lowest BCUT2D eigenvalue weighted by atomic mass is 9.92. The van der Waals surface area contributed by atoms with Crippen LogP contribution in [-0.4, -0.2) is 30.3 Å². The number of amides is 3. The van der Waals surface area contributed by atoms with Gasteiger partial charge >= 0.3 is 6.03 Å². The third-order valence-electron chi connectivity index (χ3n) is 4.55. The second kappa shape index (κ2) is 7.00. The summed E-state index contributed by atoms with van der Waals surface area (Å²) in [4.78, 5) is 25.1. The molecule has 2 aromatic carbocycles. The summed E-state index contributed by atoms with van der Waals surface area (Å²) in [5, 5.41) is 7.68. The van der Waals surface area contributed by atoms with Crippen LogP contribution in [0.15, 0.2) is 53.6 Å². The summed E-state index contributed by atoms with van der Waals surface area (Å²) in [5.41, 5.74) is 1.54. The van der Waals surface area contributed by atoms with Crippen LogP contribution in [0.25, 0.3) is 0 Å². The molecule has 1 atom stereocenters. The zero-order valence-corrected chi connectivity index (χ0v) is 15.0. The summed E-state index contributed by atoms with van der Waals surface area (Å²) in [7, 11) is 1.57. The molecule has 0 saturated carbocycles. The standard InChI is InChI=1S/C20H21N3O3/c1-4-14-5-7-15(8-6-14)13-21-23-18(24)20(2,22-19(23)25)16-9-11-17(26-3)12-10-16/h5-13H,4H2,1-3H3,(H,22,25)/b21-13-/t20-/m0/s1. The van der Waals surface area contributed by atoms with Crippen LogP contribution < -0.4 is 10.1 Å². The Labute approximate surface area is 152 Å². The van der Waals surface area contributed by atoms with Crippen LogP contribution in [0.5, 0.6) is 5.75 Å². The molecule has 2 aromatic rings. The first kappa shape index (κ1) is 17.7. The minimum atomic E-state index is -1.16. The molecule has 0 aliphatic carbocycles. The van der Waals surface area contributed by atoms with Crippen molar-refractivity contribution in [3.05, 3.63) is 65.2 Å². The normalized spacial score (nSPS) is 19.9. The highest BCUT2D eigenvalue weighted by atomic mass is 16.5. The molecule has 0 unspecified atom stereocenters. The number of hydrogen-bond donors (Lipinski definition) is 1. The predicted octanol–water partition coefficient (Wildman–Crippen LogP) is 3.06. The molecule has 0 radical (unpaired) electrons. The number of benzene rings is 2. The van der Waals surface area contributed by atoms with E-state index in [1.165, 1.54) is 11.8 Å². The van der Waals surface area contributed by atoms with Crippen LogP contribution in [0, 0.1) is 0 Å². The fourth-order valence-corrected chi connectivity index (χ4v) is 2.81. The monoisotopic (exact) mass is 351 g/mol. The Morgan fingerprint density at radius 1 is 1.12 bits per heavy atom. The highest BCUT2D eigenvalue weighted by molar-refractivity contribution is 6.07. The number of ether oxygens (including phenoxy) is 1. The van der Waals surface area contributed by atoms with Crippen molar-refractivity contribution in [3.63, 3.8) is 0 Å². The number of urea groups is 1. The Kier molecular flexibility index (Phi) is 4.75. The number of hydrazone groups is 1. The van der Waals surface area contributed by atoms with Crippen LogP contribution in [0.4, 0.5) is 4.79 Å². The van der Waals surface area contributed by atoms with E-state index < -0.39 is 17.5 Å². The average molecular weight is 351 g/mol. The SMILES string of the molecule is CCc1ccc(/C=N\N2C(=O)N[C@@](C)(c3ccc(OC)cc3)C2=O)cc1. The van der Waals surface area contributed by atoms with Crippen molar-refractivity contribution < 1.29 is 14.3 Å². The third kappa shape index (κ3) is 3.18. The largest absolute Gasteiger partial charge is 0.497 e. The van der Waals surface area contributed by atoms with E-state index in [-0.39, 0.29) is 0 Å². The molecule has 134 valence electrons. The van der Waals surface area contributed by atoms with E-state index in [1.54, 1.807) is 38.3 Å². The quantitative estimate of drug-likeness (QED) is 0.665. The first-order valence-electron chi connectivity index (χ1n) is 8.42. The first-order valence-corrected chi connectivity index (χ1v) is 8.42. The van der Waals surface area contributed by atoms with Gasteiger partial charge in [0.2, 0.25) is 0 Å². The van der Waals surface area contributed by atoms with Gasteiger partial charge in [-0.2, -0.15) is 5.10 Å². The van der Waals surface area contributed by atoms with E-state index in [4.69, 9.17) is 4.74 Å². The number of methoxy groups -OCH3 is 1. The van der Waals surface area contributed by atoms with Gasteiger partial charge < -0.3 is 10.1 Å². The molecule has 0 bridgehead atoms. The second-order valence-electron chi connectivity index (χ2n) is 6.24. The van der Waals surface area contributed by atoms with Crippen molar-refractivity contribution in [3.8, 4) is 5.75 Å². The molecule has 6 heteroatoms. The van der Waals surface area contributed by atoms with Crippen molar-refractivity contribution in [1.82, 2.24) is 10.3 Å². The van der Waals surface area contributed by atoms with Crippen molar-refractivity contribution in [2.24, 2.45) is 5.10 Å². The highest BCUT2D eigenvalue weighted by Crippen LogP contribution is 2.30. The van der Waals surface area contributed by atoms with Gasteiger partial charge in [0.15, 0.2) is 0 Å². The Bertz CT molecular complexity index is 844. The predicted molar refractivity (Wildman–Crippen MR) is 99.1 cm³/mol. The summed E-state index contributed by atoms with van der Waals surface area (Å²) in [5.74, 6) is 0.258. The molecule has 3 amide bonds. The Hall–Kier alpha value is -3.15. The van der Waals surface area contributed by atoms with E-state index in [0.717, 1.165) is 17.0 Å². The number of rotatable bonds is 5. The Morgan fingerprint density at radius 2 is 1.77 bits per heavy atom. The number of nitrogens with zero attached hydrogens (tertiary/aromatic N) is 2. The lowest BCUT2D eigenvalue weighted by molar-refractivity contribution is -0.131. The molecule has 1 heterocycles. The molecule has 1 fully saturated rings. The van der Waals surface area contributed by atoms with Gasteiger partial charge in [-0.15, -0.1) is 5.01 Å². The molecule has 0 aromatic heterocycles. The summed E-state index contributed by atoms with van der Waals surface area (Å²) in [6.45, 7) is 3.75. The van der Waals surface area contributed by atoms with E-state index in [0.29, 0.717) is 11.3 Å². The average Bonchev–Trinajstić information content (AvgIpc) is 2.90. The van der Waals surface area contributed by atoms with Crippen LogP contribution in [-0.2, 0) is 16.8 Å². The fraction of sp³-hybridized carbons (Fsp3) is 0.250. The van der Waals surface area contributed by atoms with Gasteiger partial charge in [-0.05, 0) is 42.2 Å². The zero-order chi connectivity index (χ0) is 18.7. The number of carbonyl (C=O) groups excluding carboxylic acids is 2. The minimum absolute atomic E-state index is 0.422. The van der Waals surface area contributed by atoms with Crippen LogP contribution in [0.1, 0.15) is 30.5 Å². The highest BCUT2D eigenvalue weighted by Gasteiger charge is 2.49. The number of hydrogen-bond acceptors (Lipinski definition) is 4. The molecule has 1 aliphatic heterocycles. The second-order valence-corrected chi connectivity index (χ2v) is 6.24. The van der Waals surface area contributed by atoms with Crippen molar-refractivity contribution in [1.29, 1.82) is 0 Å². The molecule has 6 nitrogen and oxygen atoms in total. The van der Waals surface area contributed by atoms with E-state index in [2.05, 4.69) is 17.3 Å². The van der Waals surface area contributed by atoms with Crippen LogP contribution in [0.2, 0.25) is 0 Å². The lowest BCUT2D eigenvalue weighted by Crippen LogP contribution is -2.40. The van der Waals surface area contributed by atoms with Gasteiger partial charge in [-0.3, -0.25) is 4.79 Å². The summed E-state index contributed by atoms with van der Waals surface area (Å²) < 4.78 is 5.13. The Balaban J connectivity index is 1.82. The number of nitrogens with one attached hydrogen (secondary N) is 1. The summed E-state index contributed by atoms with van der Waals surface area (Å²) in [6, 6.07) is 14.3. The van der Waals surface area contributed by atoms with Crippen LogP contribution >= 0.6 is 0 Å². The topological polar surface area (TPSA) is 71.0 Å². The maximum absolute atomic E-state index is 12.8. The fourth-order valence-electron chi connectivity index (χ4n) is 2.81. The number of carbonyl (C=O) groups is 2. The molecule has 1 N–H and O–H groups in total. The van der Waals surface area contributed by atoms with Gasteiger partial charge in [-0.1, -0.05) is 43.3 Å². The minimum Gasteiger partial charge on any atom is -0.497 e. The van der Waals surface area contributed by atoms with Crippen molar-refractivity contribution in [2.75, 3.05) is 7.11 Å². The molecular formula is C20H21N3O3. The van der Waals surface area contributed by atoms with Gasteiger partial charge in [0.1, 0.15) is 11.3 Å². The van der Waals surface area contributed by atoms with E-state index in [9.17, 15) is 9.59 Å². The molecular weight excluding hydrogens is 330 g/mol. The lowest BCUT2D eigenvalue weighted by Gasteiger charge is -2.21. The maximum Gasteiger partial charge on any atom is 0.346 e. The molecule has 0 spiro atoms. The van der Waals surface area contributed by atoms with Gasteiger partial charge in [0, 0.05) is 0 Å². The third-order valence-corrected chi connectivity index (χ3v) is 4.55. The van der Waals surface area contributed by atoms with Crippen LogP contribution in [0.3, 0.4) is 0 Å². The van der Waals surface area contributed by atoms with Crippen molar-refractivity contribution in [2.45, 2.75) is 25.8 Å². The summed E-state index contributed by atoms with van der Waals surface area (Å²) in [6.07, 6.45) is 2.46. The summed E-state index contributed by atoms with van der Waals surface area (Å²) >= 11 is 0. The Morgan fingerprint density at radius 3 is 2.35 bits per heavy atom. The van der Waals surface area contributed by atoms with Gasteiger partial charge in [0.05, 0.1) is 13.3 Å². The first-order chi connectivity index (χ1) is 12.5. The smallest absolute Gasteiger partial charge is 0.346 e.